The van der Waals surface area contributed by atoms with Gasteiger partial charge in [-0.1, -0.05) is 23.7 Å². The number of amides is 3. The fraction of sp³-hybridized carbons (Fsp3) is 0.125. The lowest BCUT2D eigenvalue weighted by Gasteiger charge is -2.17. The Hall–Kier alpha value is -3.64. The summed E-state index contributed by atoms with van der Waals surface area (Å²) in [6, 6.07) is 14.8. The molecule has 3 amide bonds. The van der Waals surface area contributed by atoms with E-state index in [2.05, 4.69) is 5.32 Å². The molecule has 0 spiro atoms. The topological polar surface area (TPSA) is 75.7 Å². The van der Waals surface area contributed by atoms with Crippen LogP contribution in [0.15, 0.2) is 54.6 Å². The maximum atomic E-state index is 13.1. The molecule has 0 saturated carbocycles. The molecule has 0 unspecified atom stereocenters. The predicted molar refractivity (Wildman–Crippen MR) is 119 cm³/mol. The van der Waals surface area contributed by atoms with E-state index in [1.165, 1.54) is 25.3 Å². The summed E-state index contributed by atoms with van der Waals surface area (Å²) in [5.41, 5.74) is 3.47. The lowest BCUT2D eigenvalue weighted by atomic mass is 10.1. The molecule has 1 N–H and O–H groups in total. The van der Waals surface area contributed by atoms with Crippen molar-refractivity contribution in [1.29, 1.82) is 0 Å². The number of ether oxygens (including phenoxy) is 1. The van der Waals surface area contributed by atoms with Gasteiger partial charge in [0.1, 0.15) is 5.75 Å². The highest BCUT2D eigenvalue weighted by molar-refractivity contribution is 6.35. The second-order valence-electron chi connectivity index (χ2n) is 7.22. The summed E-state index contributed by atoms with van der Waals surface area (Å²) in [7, 11) is 1.49. The lowest BCUT2D eigenvalue weighted by molar-refractivity contribution is 0.0925. The minimum absolute atomic E-state index is 0.191. The van der Waals surface area contributed by atoms with Crippen molar-refractivity contribution in [2.45, 2.75) is 13.8 Å². The maximum Gasteiger partial charge on any atom is 0.266 e. The van der Waals surface area contributed by atoms with Gasteiger partial charge in [-0.05, 0) is 67.4 Å². The number of halogens is 1. The predicted octanol–water partition coefficient (Wildman–Crippen LogP) is 5.02. The van der Waals surface area contributed by atoms with Crippen molar-refractivity contribution in [2.75, 3.05) is 17.3 Å². The molecule has 1 aliphatic rings. The van der Waals surface area contributed by atoms with Crippen LogP contribution in [-0.4, -0.2) is 24.8 Å². The number of carbonyl (C=O) groups excluding carboxylic acids is 3. The van der Waals surface area contributed by atoms with E-state index in [1.54, 1.807) is 30.3 Å². The number of nitrogens with one attached hydrogen (secondary N) is 1. The molecule has 0 fully saturated rings. The van der Waals surface area contributed by atoms with Crippen LogP contribution < -0.4 is 15.0 Å². The van der Waals surface area contributed by atoms with Gasteiger partial charge in [0.15, 0.2) is 0 Å². The second kappa shape index (κ2) is 7.89. The third-order valence-electron chi connectivity index (χ3n) is 5.38. The van der Waals surface area contributed by atoms with E-state index in [0.29, 0.717) is 22.1 Å². The van der Waals surface area contributed by atoms with Crippen molar-refractivity contribution in [3.05, 3.63) is 87.4 Å². The van der Waals surface area contributed by atoms with Crippen LogP contribution in [0, 0.1) is 13.8 Å². The zero-order valence-electron chi connectivity index (χ0n) is 17.2. The van der Waals surface area contributed by atoms with Gasteiger partial charge < -0.3 is 10.1 Å². The van der Waals surface area contributed by atoms with E-state index < -0.39 is 17.7 Å². The van der Waals surface area contributed by atoms with E-state index in [0.717, 1.165) is 16.0 Å². The largest absolute Gasteiger partial charge is 0.495 e. The molecule has 1 aliphatic heterocycles. The summed E-state index contributed by atoms with van der Waals surface area (Å²) in [4.78, 5) is 40.0. The average Bonchev–Trinajstić information content (AvgIpc) is 3.00. The molecule has 0 aromatic heterocycles. The molecule has 1 heterocycles. The Morgan fingerprint density at radius 2 is 1.71 bits per heavy atom. The molecular formula is C24H19ClN2O4. The van der Waals surface area contributed by atoms with Crippen LogP contribution in [0.2, 0.25) is 5.02 Å². The number of rotatable bonds is 4. The number of methoxy groups -OCH3 is 1. The Morgan fingerprint density at radius 1 is 0.968 bits per heavy atom. The van der Waals surface area contributed by atoms with Crippen molar-refractivity contribution >= 4 is 40.7 Å². The molecule has 0 aliphatic carbocycles. The van der Waals surface area contributed by atoms with Gasteiger partial charge >= 0.3 is 0 Å². The Labute approximate surface area is 184 Å². The Kier molecular flexibility index (Phi) is 5.25. The van der Waals surface area contributed by atoms with Gasteiger partial charge in [0.25, 0.3) is 17.7 Å². The molecule has 156 valence electrons. The van der Waals surface area contributed by atoms with Gasteiger partial charge in [-0.2, -0.15) is 0 Å². The highest BCUT2D eigenvalue weighted by Crippen LogP contribution is 2.33. The third-order valence-corrected chi connectivity index (χ3v) is 5.61. The number of fused-ring (bicyclic) bond motifs is 1. The first-order valence-corrected chi connectivity index (χ1v) is 9.93. The minimum atomic E-state index is -0.455. The van der Waals surface area contributed by atoms with Crippen molar-refractivity contribution in [1.82, 2.24) is 0 Å². The number of aryl methyl sites for hydroxylation is 1. The summed E-state index contributed by atoms with van der Waals surface area (Å²) in [5, 5.41) is 3.18. The minimum Gasteiger partial charge on any atom is -0.495 e. The molecule has 4 rings (SSSR count). The molecule has 6 nitrogen and oxygen atoms in total. The van der Waals surface area contributed by atoms with Gasteiger partial charge in [-0.3, -0.25) is 14.4 Å². The molecular weight excluding hydrogens is 416 g/mol. The van der Waals surface area contributed by atoms with Crippen molar-refractivity contribution in [2.24, 2.45) is 0 Å². The zero-order valence-corrected chi connectivity index (χ0v) is 17.9. The van der Waals surface area contributed by atoms with Crippen LogP contribution in [0.4, 0.5) is 11.4 Å². The van der Waals surface area contributed by atoms with Gasteiger partial charge in [0.05, 0.1) is 29.6 Å². The number of benzene rings is 3. The molecule has 31 heavy (non-hydrogen) atoms. The third kappa shape index (κ3) is 3.55. The second-order valence-corrected chi connectivity index (χ2v) is 7.66. The quantitative estimate of drug-likeness (QED) is 0.585. The fourth-order valence-corrected chi connectivity index (χ4v) is 3.72. The molecule has 0 saturated heterocycles. The zero-order chi connectivity index (χ0) is 22.3. The van der Waals surface area contributed by atoms with Crippen LogP contribution in [-0.2, 0) is 0 Å². The number of imide groups is 1. The lowest BCUT2D eigenvalue weighted by Crippen LogP contribution is -2.30. The van der Waals surface area contributed by atoms with E-state index in [-0.39, 0.29) is 16.7 Å². The summed E-state index contributed by atoms with van der Waals surface area (Å²) < 4.78 is 5.25. The van der Waals surface area contributed by atoms with Crippen LogP contribution in [0.3, 0.4) is 0 Å². The molecule has 3 aromatic rings. The van der Waals surface area contributed by atoms with Gasteiger partial charge in [-0.15, -0.1) is 0 Å². The molecule has 0 bridgehead atoms. The molecule has 0 atom stereocenters. The summed E-state index contributed by atoms with van der Waals surface area (Å²) >= 11 is 6.02. The van der Waals surface area contributed by atoms with Crippen LogP contribution in [0.25, 0.3) is 0 Å². The monoisotopic (exact) mass is 434 g/mol. The first-order chi connectivity index (χ1) is 14.8. The van der Waals surface area contributed by atoms with Gasteiger partial charge in [0, 0.05) is 10.6 Å². The van der Waals surface area contributed by atoms with Crippen molar-refractivity contribution in [3.8, 4) is 5.75 Å². The normalized spacial score (nSPS) is 12.7. The van der Waals surface area contributed by atoms with Crippen molar-refractivity contribution in [3.63, 3.8) is 0 Å². The average molecular weight is 435 g/mol. The van der Waals surface area contributed by atoms with Crippen LogP contribution >= 0.6 is 11.6 Å². The SMILES string of the molecule is COc1ccc(Cl)cc1NC(=O)c1ccc2c(c1)C(=O)N(c1cccc(C)c1C)C2=O. The number of hydrogen-bond acceptors (Lipinski definition) is 4. The van der Waals surface area contributed by atoms with E-state index in [9.17, 15) is 14.4 Å². The Balaban J connectivity index is 1.67. The highest BCUT2D eigenvalue weighted by Gasteiger charge is 2.38. The Morgan fingerprint density at radius 3 is 2.45 bits per heavy atom. The summed E-state index contributed by atoms with van der Waals surface area (Å²) in [5.74, 6) is -0.860. The van der Waals surface area contributed by atoms with Gasteiger partial charge in [0.2, 0.25) is 0 Å². The fourth-order valence-electron chi connectivity index (χ4n) is 3.55. The first-order valence-electron chi connectivity index (χ1n) is 9.55. The van der Waals surface area contributed by atoms with Crippen LogP contribution in [0.1, 0.15) is 42.2 Å². The van der Waals surface area contributed by atoms with E-state index >= 15 is 0 Å². The maximum absolute atomic E-state index is 13.1. The molecule has 3 aromatic carbocycles. The van der Waals surface area contributed by atoms with Gasteiger partial charge in [-0.25, -0.2) is 4.90 Å². The number of anilines is 2. The standard InChI is InChI=1S/C24H19ClN2O4/c1-13-5-4-6-20(14(13)2)27-23(29)17-9-7-15(11-18(17)24(27)30)22(28)26-19-12-16(25)8-10-21(19)31-3/h4-12H,1-3H3,(H,26,28). The highest BCUT2D eigenvalue weighted by atomic mass is 35.5. The first kappa shape index (κ1) is 20.6. The smallest absolute Gasteiger partial charge is 0.266 e. The summed E-state index contributed by atoms with van der Waals surface area (Å²) in [6.07, 6.45) is 0. The molecule has 7 heteroatoms. The number of carbonyl (C=O) groups is 3. The van der Waals surface area contributed by atoms with E-state index in [1.807, 2.05) is 19.9 Å². The van der Waals surface area contributed by atoms with E-state index in [4.69, 9.17) is 16.3 Å². The van der Waals surface area contributed by atoms with Crippen LogP contribution in [0.5, 0.6) is 5.75 Å². The number of nitrogens with zero attached hydrogens (tertiary/aromatic N) is 1. The Bertz CT molecular complexity index is 1250. The number of hydrogen-bond donors (Lipinski definition) is 1. The molecule has 0 radical (unpaired) electrons. The summed E-state index contributed by atoms with van der Waals surface area (Å²) in [6.45, 7) is 3.79. The van der Waals surface area contributed by atoms with Crippen molar-refractivity contribution < 1.29 is 19.1 Å².